The molecule has 0 saturated carbocycles. The number of hydrogen-bond acceptors (Lipinski definition) is 4. The number of carbonyl (C=O) groups is 1. The zero-order valence-electron chi connectivity index (χ0n) is 16.8. The Morgan fingerprint density at radius 2 is 1.35 bits per heavy atom. The van der Waals surface area contributed by atoms with Crippen LogP contribution in [0.25, 0.3) is 0 Å². The van der Waals surface area contributed by atoms with E-state index in [-0.39, 0.29) is 11.7 Å². The fourth-order valence-electron chi connectivity index (χ4n) is 2.62. The summed E-state index contributed by atoms with van der Waals surface area (Å²) in [4.78, 5) is 14.8. The lowest BCUT2D eigenvalue weighted by molar-refractivity contribution is 0.0754. The Labute approximate surface area is 158 Å². The van der Waals surface area contributed by atoms with Gasteiger partial charge >= 0.3 is 0 Å². The fourth-order valence-corrected chi connectivity index (χ4v) is 2.62. The monoisotopic (exact) mass is 365 g/mol. The summed E-state index contributed by atoms with van der Waals surface area (Å²) in [6, 6.07) is 3.27. The zero-order chi connectivity index (χ0) is 19.4. The van der Waals surface area contributed by atoms with Crippen molar-refractivity contribution in [2.75, 3.05) is 26.3 Å². The first kappa shape index (κ1) is 22.1. The minimum Gasteiger partial charge on any atom is -0.502 e. The van der Waals surface area contributed by atoms with E-state index in [1.165, 1.54) is 0 Å². The number of hydrogen-bond donors (Lipinski definition) is 1. The van der Waals surface area contributed by atoms with E-state index in [9.17, 15) is 9.90 Å². The maximum absolute atomic E-state index is 12.9. The molecule has 0 bridgehead atoms. The van der Waals surface area contributed by atoms with Crippen molar-refractivity contribution >= 4 is 5.91 Å². The molecule has 0 saturated heterocycles. The summed E-state index contributed by atoms with van der Waals surface area (Å²) in [5, 5.41) is 10.5. The third-order valence-corrected chi connectivity index (χ3v) is 4.07. The summed E-state index contributed by atoms with van der Waals surface area (Å²) in [5.74, 6) is 0.577. The number of phenolic OH excluding ortho intramolecular Hbond substituents is 1. The second-order valence-electron chi connectivity index (χ2n) is 6.52. The van der Waals surface area contributed by atoms with Crippen LogP contribution in [-0.4, -0.2) is 42.2 Å². The van der Waals surface area contributed by atoms with Crippen LogP contribution in [-0.2, 0) is 0 Å². The van der Waals surface area contributed by atoms with Gasteiger partial charge in [0.05, 0.1) is 13.2 Å². The van der Waals surface area contributed by atoms with Crippen LogP contribution in [0.2, 0.25) is 0 Å². The van der Waals surface area contributed by atoms with E-state index >= 15 is 0 Å². The molecule has 0 spiro atoms. The maximum atomic E-state index is 12.9. The Balaban J connectivity index is 3.12. The predicted octanol–water partition coefficient (Wildman–Crippen LogP) is 5.01. The van der Waals surface area contributed by atoms with E-state index in [1.54, 1.807) is 12.1 Å². The average Bonchev–Trinajstić information content (AvgIpc) is 2.64. The van der Waals surface area contributed by atoms with Gasteiger partial charge in [-0.2, -0.15) is 0 Å². The lowest BCUT2D eigenvalue weighted by atomic mass is 10.1. The van der Waals surface area contributed by atoms with E-state index < -0.39 is 0 Å². The smallest absolute Gasteiger partial charge is 0.254 e. The molecular weight excluding hydrogens is 330 g/mol. The first-order valence-corrected chi connectivity index (χ1v) is 10.0. The number of phenols is 1. The SMILES string of the molecule is CCCCOc1cc(C(=O)N(CCC)CCC)cc(OCCCC)c1O. The van der Waals surface area contributed by atoms with Gasteiger partial charge < -0.3 is 19.5 Å². The number of nitrogens with zero attached hydrogens (tertiary/aromatic N) is 1. The molecule has 1 rings (SSSR count). The van der Waals surface area contributed by atoms with Crippen molar-refractivity contribution in [1.82, 2.24) is 4.90 Å². The molecule has 0 aliphatic rings. The van der Waals surface area contributed by atoms with Gasteiger partial charge in [0.25, 0.3) is 5.91 Å². The number of carbonyl (C=O) groups excluding carboxylic acids is 1. The minimum absolute atomic E-state index is 0.0220. The molecule has 1 N–H and O–H groups in total. The van der Waals surface area contributed by atoms with E-state index in [0.717, 1.165) is 38.5 Å². The Bertz CT molecular complexity index is 508. The summed E-state index contributed by atoms with van der Waals surface area (Å²) >= 11 is 0. The molecule has 0 atom stereocenters. The van der Waals surface area contributed by atoms with Crippen LogP contribution in [0.15, 0.2) is 12.1 Å². The Morgan fingerprint density at radius 3 is 1.73 bits per heavy atom. The van der Waals surface area contributed by atoms with Crippen LogP contribution in [0, 0.1) is 0 Å². The number of rotatable bonds is 13. The third-order valence-electron chi connectivity index (χ3n) is 4.07. The normalized spacial score (nSPS) is 10.6. The van der Waals surface area contributed by atoms with Crippen molar-refractivity contribution in [3.05, 3.63) is 17.7 Å². The number of aromatic hydroxyl groups is 1. The summed E-state index contributed by atoms with van der Waals surface area (Å²) in [6.07, 6.45) is 5.59. The van der Waals surface area contributed by atoms with E-state index in [4.69, 9.17) is 9.47 Å². The van der Waals surface area contributed by atoms with Crippen molar-refractivity contribution in [2.24, 2.45) is 0 Å². The molecular formula is C21H35NO4. The zero-order valence-corrected chi connectivity index (χ0v) is 16.8. The molecule has 5 heteroatoms. The maximum Gasteiger partial charge on any atom is 0.254 e. The molecule has 0 aliphatic heterocycles. The summed E-state index contributed by atoms with van der Waals surface area (Å²) in [5.41, 5.74) is 0.502. The van der Waals surface area contributed by atoms with Gasteiger partial charge in [-0.05, 0) is 37.8 Å². The lowest BCUT2D eigenvalue weighted by Crippen LogP contribution is -2.32. The highest BCUT2D eigenvalue weighted by Gasteiger charge is 2.20. The van der Waals surface area contributed by atoms with E-state index in [0.29, 0.717) is 43.4 Å². The summed E-state index contributed by atoms with van der Waals surface area (Å²) < 4.78 is 11.4. The number of unbranched alkanes of at least 4 members (excludes halogenated alkanes) is 2. The predicted molar refractivity (Wildman–Crippen MR) is 105 cm³/mol. The molecule has 0 aromatic heterocycles. The quantitative estimate of drug-likeness (QED) is 0.499. The van der Waals surface area contributed by atoms with Gasteiger partial charge in [-0.1, -0.05) is 40.5 Å². The molecule has 0 aliphatic carbocycles. The van der Waals surface area contributed by atoms with Gasteiger partial charge in [0, 0.05) is 18.7 Å². The first-order valence-electron chi connectivity index (χ1n) is 10.0. The van der Waals surface area contributed by atoms with E-state index in [2.05, 4.69) is 27.7 Å². The van der Waals surface area contributed by atoms with Crippen LogP contribution in [0.3, 0.4) is 0 Å². The molecule has 148 valence electrons. The van der Waals surface area contributed by atoms with Gasteiger partial charge in [-0.3, -0.25) is 4.79 Å². The van der Waals surface area contributed by atoms with Crippen LogP contribution in [0.1, 0.15) is 76.6 Å². The first-order chi connectivity index (χ1) is 12.6. The van der Waals surface area contributed by atoms with Crippen LogP contribution >= 0.6 is 0 Å². The highest BCUT2D eigenvalue weighted by molar-refractivity contribution is 5.95. The number of benzene rings is 1. The standard InChI is InChI=1S/C21H35NO4/c1-5-9-13-25-18-15-17(21(24)22(11-7-3)12-8-4)16-19(20(18)23)26-14-10-6-2/h15-16,23H,5-14H2,1-4H3. The number of amides is 1. The largest absolute Gasteiger partial charge is 0.502 e. The van der Waals surface area contributed by atoms with Gasteiger partial charge in [0.2, 0.25) is 5.75 Å². The number of ether oxygens (including phenoxy) is 2. The Kier molecular flexibility index (Phi) is 10.6. The summed E-state index contributed by atoms with van der Waals surface area (Å²) in [6.45, 7) is 10.7. The molecule has 1 aromatic carbocycles. The molecule has 0 fully saturated rings. The van der Waals surface area contributed by atoms with Crippen LogP contribution < -0.4 is 9.47 Å². The summed E-state index contributed by atoms with van der Waals surface area (Å²) in [7, 11) is 0. The fraction of sp³-hybridized carbons (Fsp3) is 0.667. The molecule has 0 heterocycles. The lowest BCUT2D eigenvalue weighted by Gasteiger charge is -2.22. The molecule has 0 unspecified atom stereocenters. The molecule has 26 heavy (non-hydrogen) atoms. The van der Waals surface area contributed by atoms with E-state index in [1.807, 2.05) is 4.90 Å². The topological polar surface area (TPSA) is 59.0 Å². The highest BCUT2D eigenvalue weighted by Crippen LogP contribution is 2.38. The van der Waals surface area contributed by atoms with Gasteiger partial charge in [0.15, 0.2) is 11.5 Å². The molecule has 0 radical (unpaired) electrons. The Morgan fingerprint density at radius 1 is 0.885 bits per heavy atom. The second kappa shape index (κ2) is 12.4. The van der Waals surface area contributed by atoms with Crippen molar-refractivity contribution in [2.45, 2.75) is 66.2 Å². The third kappa shape index (κ3) is 6.77. The molecule has 1 aromatic rings. The van der Waals surface area contributed by atoms with Gasteiger partial charge in [0.1, 0.15) is 0 Å². The molecule has 1 amide bonds. The Hall–Kier alpha value is -1.91. The second-order valence-corrected chi connectivity index (χ2v) is 6.52. The van der Waals surface area contributed by atoms with Crippen LogP contribution in [0.5, 0.6) is 17.2 Å². The van der Waals surface area contributed by atoms with Gasteiger partial charge in [-0.15, -0.1) is 0 Å². The average molecular weight is 366 g/mol. The highest BCUT2D eigenvalue weighted by atomic mass is 16.5. The minimum atomic E-state index is -0.0469. The van der Waals surface area contributed by atoms with Crippen molar-refractivity contribution in [1.29, 1.82) is 0 Å². The van der Waals surface area contributed by atoms with Crippen LogP contribution in [0.4, 0.5) is 0 Å². The van der Waals surface area contributed by atoms with Crippen molar-refractivity contribution in [3.63, 3.8) is 0 Å². The van der Waals surface area contributed by atoms with Crippen molar-refractivity contribution in [3.8, 4) is 17.2 Å². The van der Waals surface area contributed by atoms with Gasteiger partial charge in [-0.25, -0.2) is 0 Å². The molecule has 5 nitrogen and oxygen atoms in total. The van der Waals surface area contributed by atoms with Crippen molar-refractivity contribution < 1.29 is 19.4 Å².